The fourth-order valence-electron chi connectivity index (χ4n) is 3.55. The molecule has 0 radical (unpaired) electrons. The van der Waals surface area contributed by atoms with Crippen molar-refractivity contribution in [1.29, 1.82) is 0 Å². The van der Waals surface area contributed by atoms with Crippen molar-refractivity contribution < 1.29 is 13.9 Å². The summed E-state index contributed by atoms with van der Waals surface area (Å²) in [6.45, 7) is 1.96. The average molecular weight is 451 g/mol. The van der Waals surface area contributed by atoms with Crippen LogP contribution in [0.3, 0.4) is 0 Å². The minimum absolute atomic E-state index is 0.196. The first-order valence-electron chi connectivity index (χ1n) is 10.6. The van der Waals surface area contributed by atoms with Crippen LogP contribution in [0.25, 0.3) is 22.2 Å². The van der Waals surface area contributed by atoms with Crippen LogP contribution in [-0.2, 0) is 0 Å². The van der Waals surface area contributed by atoms with E-state index in [1.54, 1.807) is 37.8 Å². The molecule has 168 valence electrons. The maximum atomic E-state index is 12.8. The second kappa shape index (κ2) is 9.03. The lowest BCUT2D eigenvalue weighted by Gasteiger charge is -2.11. The highest BCUT2D eigenvalue weighted by Crippen LogP contribution is 2.29. The molecule has 0 aliphatic carbocycles. The summed E-state index contributed by atoms with van der Waals surface area (Å²) in [5.74, 6) is 0.856. The fourth-order valence-corrected chi connectivity index (χ4v) is 3.55. The number of para-hydroxylation sites is 1. The predicted octanol–water partition coefficient (Wildman–Crippen LogP) is 5.60. The molecule has 0 unspecified atom stereocenters. The molecule has 8 nitrogen and oxygen atoms in total. The summed E-state index contributed by atoms with van der Waals surface area (Å²) < 4.78 is 11.1. The lowest BCUT2D eigenvalue weighted by atomic mass is 10.1. The standard InChI is InChI=1S/C26H21N5O3/c1-16-8-9-19(29-25(32)23-13-17-5-3-7-22(33-2)24(17)34-23)14-21(16)31-26-28-12-10-20(30-26)18-6-4-11-27-15-18/h3-15H,1-2H3,(H,29,32)(H,28,30,31). The van der Waals surface area contributed by atoms with Gasteiger partial charge in [-0.15, -0.1) is 0 Å². The number of furan rings is 1. The van der Waals surface area contributed by atoms with E-state index >= 15 is 0 Å². The van der Waals surface area contributed by atoms with Crippen LogP contribution in [0.1, 0.15) is 16.1 Å². The predicted molar refractivity (Wildman–Crippen MR) is 130 cm³/mol. The van der Waals surface area contributed by atoms with Crippen LogP contribution in [-0.4, -0.2) is 28.0 Å². The SMILES string of the molecule is COc1cccc2cc(C(=O)Nc3ccc(C)c(Nc4nccc(-c5cccnc5)n4)c3)oc12. The van der Waals surface area contributed by atoms with Gasteiger partial charge in [0.2, 0.25) is 5.95 Å². The van der Waals surface area contributed by atoms with Crippen molar-refractivity contribution >= 4 is 34.2 Å². The van der Waals surface area contributed by atoms with Crippen molar-refractivity contribution in [2.45, 2.75) is 6.92 Å². The topological polar surface area (TPSA) is 102 Å². The number of ether oxygens (including phenoxy) is 1. The number of amides is 1. The van der Waals surface area contributed by atoms with Crippen LogP contribution < -0.4 is 15.4 Å². The molecule has 0 saturated carbocycles. The number of fused-ring (bicyclic) bond motifs is 1. The Morgan fingerprint density at radius 2 is 1.94 bits per heavy atom. The molecule has 1 amide bonds. The minimum atomic E-state index is -0.358. The first kappa shape index (κ1) is 21.1. The van der Waals surface area contributed by atoms with E-state index in [1.165, 1.54) is 0 Å². The van der Waals surface area contributed by atoms with Gasteiger partial charge in [-0.1, -0.05) is 18.2 Å². The molecular formula is C26H21N5O3. The summed E-state index contributed by atoms with van der Waals surface area (Å²) in [5, 5.41) is 6.92. The average Bonchev–Trinajstić information content (AvgIpc) is 3.32. The zero-order valence-corrected chi connectivity index (χ0v) is 18.6. The summed E-state index contributed by atoms with van der Waals surface area (Å²) in [4.78, 5) is 25.9. The zero-order chi connectivity index (χ0) is 23.5. The largest absolute Gasteiger partial charge is 0.493 e. The van der Waals surface area contributed by atoms with Gasteiger partial charge in [0.25, 0.3) is 5.91 Å². The van der Waals surface area contributed by atoms with Gasteiger partial charge in [-0.3, -0.25) is 9.78 Å². The molecule has 34 heavy (non-hydrogen) atoms. The molecule has 0 aliphatic heterocycles. The smallest absolute Gasteiger partial charge is 0.291 e. The number of methoxy groups -OCH3 is 1. The molecule has 2 N–H and O–H groups in total. The molecule has 0 fully saturated rings. The number of carbonyl (C=O) groups excluding carboxylic acids is 1. The van der Waals surface area contributed by atoms with E-state index in [4.69, 9.17) is 9.15 Å². The number of aromatic nitrogens is 3. The van der Waals surface area contributed by atoms with E-state index in [-0.39, 0.29) is 11.7 Å². The second-order valence-corrected chi connectivity index (χ2v) is 7.61. The third-order valence-electron chi connectivity index (χ3n) is 5.31. The van der Waals surface area contributed by atoms with Gasteiger partial charge < -0.3 is 19.8 Å². The minimum Gasteiger partial charge on any atom is -0.493 e. The lowest BCUT2D eigenvalue weighted by molar-refractivity contribution is 0.0998. The number of anilines is 3. The van der Waals surface area contributed by atoms with Gasteiger partial charge in [-0.05, 0) is 55.0 Å². The summed E-state index contributed by atoms with van der Waals surface area (Å²) in [5.41, 5.74) is 4.54. The van der Waals surface area contributed by atoms with Gasteiger partial charge in [-0.2, -0.15) is 0 Å². The number of pyridine rings is 1. The van der Waals surface area contributed by atoms with E-state index in [2.05, 4.69) is 25.6 Å². The number of hydrogen-bond acceptors (Lipinski definition) is 7. The third-order valence-corrected chi connectivity index (χ3v) is 5.31. The Labute approximate surface area is 195 Å². The van der Waals surface area contributed by atoms with Crippen molar-refractivity contribution in [2.24, 2.45) is 0 Å². The van der Waals surface area contributed by atoms with E-state index in [9.17, 15) is 4.79 Å². The molecule has 0 aliphatic rings. The highest BCUT2D eigenvalue weighted by Gasteiger charge is 2.15. The normalized spacial score (nSPS) is 10.8. The van der Waals surface area contributed by atoms with E-state index < -0.39 is 0 Å². The highest BCUT2D eigenvalue weighted by atomic mass is 16.5. The van der Waals surface area contributed by atoms with Crippen LogP contribution in [0.4, 0.5) is 17.3 Å². The van der Waals surface area contributed by atoms with Crippen molar-refractivity contribution in [3.05, 3.63) is 90.6 Å². The summed E-state index contributed by atoms with van der Waals surface area (Å²) in [6, 6.07) is 18.4. The number of aryl methyl sites for hydroxylation is 1. The van der Waals surface area contributed by atoms with E-state index in [0.29, 0.717) is 23.0 Å². The van der Waals surface area contributed by atoms with Crippen molar-refractivity contribution in [3.63, 3.8) is 0 Å². The summed E-state index contributed by atoms with van der Waals surface area (Å²) in [7, 11) is 1.56. The Balaban J connectivity index is 1.37. The fraction of sp³-hybridized carbons (Fsp3) is 0.0769. The van der Waals surface area contributed by atoms with Gasteiger partial charge in [0, 0.05) is 40.9 Å². The number of nitrogens with zero attached hydrogens (tertiary/aromatic N) is 3. The van der Waals surface area contributed by atoms with Gasteiger partial charge in [0.15, 0.2) is 17.1 Å². The Bertz CT molecular complexity index is 1480. The van der Waals surface area contributed by atoms with E-state index in [0.717, 1.165) is 27.9 Å². The molecular weight excluding hydrogens is 430 g/mol. The first-order chi connectivity index (χ1) is 16.6. The Morgan fingerprint density at radius 1 is 1.03 bits per heavy atom. The molecule has 0 bridgehead atoms. The molecule has 0 spiro atoms. The Hall–Kier alpha value is -4.72. The maximum Gasteiger partial charge on any atom is 0.291 e. The number of nitrogens with one attached hydrogen (secondary N) is 2. The maximum absolute atomic E-state index is 12.8. The lowest BCUT2D eigenvalue weighted by Crippen LogP contribution is -2.11. The number of rotatable bonds is 6. The Morgan fingerprint density at radius 3 is 2.76 bits per heavy atom. The molecule has 0 saturated heterocycles. The first-order valence-corrected chi connectivity index (χ1v) is 10.6. The van der Waals surface area contributed by atoms with Crippen LogP contribution in [0.5, 0.6) is 5.75 Å². The van der Waals surface area contributed by atoms with Crippen LogP contribution in [0.15, 0.2) is 83.7 Å². The molecule has 0 atom stereocenters. The molecule has 8 heteroatoms. The molecule has 3 aromatic heterocycles. The number of carbonyl (C=O) groups is 1. The third kappa shape index (κ3) is 4.29. The van der Waals surface area contributed by atoms with Crippen LogP contribution in [0, 0.1) is 6.92 Å². The Kier molecular flexibility index (Phi) is 5.61. The van der Waals surface area contributed by atoms with Gasteiger partial charge in [0.05, 0.1) is 12.8 Å². The summed E-state index contributed by atoms with van der Waals surface area (Å²) in [6.07, 6.45) is 5.16. The van der Waals surface area contributed by atoms with Gasteiger partial charge in [0.1, 0.15) is 0 Å². The molecule has 3 heterocycles. The van der Waals surface area contributed by atoms with E-state index in [1.807, 2.05) is 55.5 Å². The quantitative estimate of drug-likeness (QED) is 0.346. The summed E-state index contributed by atoms with van der Waals surface area (Å²) >= 11 is 0. The highest BCUT2D eigenvalue weighted by molar-refractivity contribution is 6.05. The van der Waals surface area contributed by atoms with Crippen LogP contribution in [0.2, 0.25) is 0 Å². The number of hydrogen-bond donors (Lipinski definition) is 2. The molecule has 2 aromatic carbocycles. The van der Waals surface area contributed by atoms with Crippen molar-refractivity contribution in [3.8, 4) is 17.0 Å². The second-order valence-electron chi connectivity index (χ2n) is 7.61. The van der Waals surface area contributed by atoms with Crippen LogP contribution >= 0.6 is 0 Å². The zero-order valence-electron chi connectivity index (χ0n) is 18.6. The number of benzene rings is 2. The van der Waals surface area contributed by atoms with Crippen molar-refractivity contribution in [1.82, 2.24) is 15.0 Å². The molecule has 5 aromatic rings. The monoisotopic (exact) mass is 451 g/mol. The van der Waals surface area contributed by atoms with Gasteiger partial charge in [-0.25, -0.2) is 9.97 Å². The van der Waals surface area contributed by atoms with Crippen molar-refractivity contribution in [2.75, 3.05) is 17.7 Å². The molecule has 5 rings (SSSR count). The van der Waals surface area contributed by atoms with Gasteiger partial charge >= 0.3 is 0 Å².